The average molecular weight is 246 g/mol. The monoisotopic (exact) mass is 246 g/mol. The minimum absolute atomic E-state index is 0.114. The maximum absolute atomic E-state index is 11.7. The average Bonchev–Trinajstić information content (AvgIpc) is 2.81. The fourth-order valence-corrected chi connectivity index (χ4v) is 2.54. The smallest absolute Gasteiger partial charge is 0.163 e. The summed E-state index contributed by atoms with van der Waals surface area (Å²) in [6, 6.07) is 4.25. The molecule has 0 saturated carbocycles. The van der Waals surface area contributed by atoms with Crippen molar-refractivity contribution in [2.75, 3.05) is 6.61 Å². The molecule has 1 aromatic carbocycles. The van der Waals surface area contributed by atoms with Gasteiger partial charge in [-0.25, -0.2) is 0 Å². The lowest BCUT2D eigenvalue weighted by atomic mass is 9.98. The Kier molecular flexibility index (Phi) is 4.40. The van der Waals surface area contributed by atoms with Crippen molar-refractivity contribution in [3.05, 3.63) is 28.8 Å². The zero-order chi connectivity index (χ0) is 13.0. The summed E-state index contributed by atoms with van der Waals surface area (Å²) in [6.07, 6.45) is 7.07. The van der Waals surface area contributed by atoms with Gasteiger partial charge in [-0.05, 0) is 37.0 Å². The molecule has 0 saturated heterocycles. The Bertz CT molecular complexity index is 435. The Morgan fingerprint density at radius 3 is 2.83 bits per heavy atom. The molecule has 0 aliphatic carbocycles. The van der Waals surface area contributed by atoms with Gasteiger partial charge in [0.15, 0.2) is 5.78 Å². The van der Waals surface area contributed by atoms with Gasteiger partial charge in [0.25, 0.3) is 0 Å². The van der Waals surface area contributed by atoms with Crippen molar-refractivity contribution in [1.29, 1.82) is 0 Å². The fraction of sp³-hybridized carbons (Fsp3) is 0.562. The van der Waals surface area contributed by atoms with E-state index < -0.39 is 0 Å². The van der Waals surface area contributed by atoms with Crippen molar-refractivity contribution in [2.45, 2.75) is 52.4 Å². The van der Waals surface area contributed by atoms with Crippen molar-refractivity contribution < 1.29 is 9.53 Å². The van der Waals surface area contributed by atoms with Crippen molar-refractivity contribution >= 4 is 5.78 Å². The Morgan fingerprint density at radius 2 is 2.11 bits per heavy atom. The molecule has 0 atom stereocenters. The van der Waals surface area contributed by atoms with Crippen LogP contribution < -0.4 is 4.74 Å². The van der Waals surface area contributed by atoms with Crippen LogP contribution in [-0.4, -0.2) is 12.4 Å². The molecule has 98 valence electrons. The second kappa shape index (κ2) is 6.03. The summed E-state index contributed by atoms with van der Waals surface area (Å²) in [7, 11) is 0. The largest absolute Gasteiger partial charge is 0.492 e. The molecule has 1 aromatic rings. The van der Waals surface area contributed by atoms with Gasteiger partial charge in [-0.15, -0.1) is 0 Å². The predicted molar refractivity (Wildman–Crippen MR) is 73.5 cm³/mol. The van der Waals surface area contributed by atoms with Gasteiger partial charge >= 0.3 is 0 Å². The first kappa shape index (κ1) is 13.1. The molecule has 1 aliphatic rings. The Hall–Kier alpha value is -1.31. The maximum Gasteiger partial charge on any atom is 0.163 e. The number of carbonyl (C=O) groups is 1. The summed E-state index contributed by atoms with van der Waals surface area (Å²) in [5.41, 5.74) is 3.28. The number of hydrogen-bond donors (Lipinski definition) is 0. The second-order valence-electron chi connectivity index (χ2n) is 5.10. The lowest BCUT2D eigenvalue weighted by Crippen LogP contribution is -1.99. The maximum atomic E-state index is 11.7. The standard InChI is InChI=1S/C16H22O2/c1-3-4-5-6-7-13-10-14-8-9-18-16(14)15(11-13)12(2)17/h10-11H,3-9H2,1-2H3. The quantitative estimate of drug-likeness (QED) is 0.561. The molecule has 18 heavy (non-hydrogen) atoms. The van der Waals surface area contributed by atoms with Gasteiger partial charge in [0.05, 0.1) is 12.2 Å². The molecule has 1 heterocycles. The van der Waals surface area contributed by atoms with Crippen LogP contribution in [0, 0.1) is 0 Å². The van der Waals surface area contributed by atoms with E-state index in [4.69, 9.17) is 4.74 Å². The van der Waals surface area contributed by atoms with Crippen LogP contribution in [0.3, 0.4) is 0 Å². The van der Waals surface area contributed by atoms with E-state index in [1.165, 1.54) is 36.8 Å². The third-order valence-electron chi connectivity index (χ3n) is 3.54. The van der Waals surface area contributed by atoms with E-state index in [0.29, 0.717) is 0 Å². The third kappa shape index (κ3) is 2.92. The van der Waals surface area contributed by atoms with Gasteiger partial charge in [0.1, 0.15) is 5.75 Å². The second-order valence-corrected chi connectivity index (χ2v) is 5.10. The van der Waals surface area contributed by atoms with E-state index in [2.05, 4.69) is 13.0 Å². The molecule has 0 N–H and O–H groups in total. The highest BCUT2D eigenvalue weighted by Gasteiger charge is 2.19. The highest BCUT2D eigenvalue weighted by Crippen LogP contribution is 2.31. The van der Waals surface area contributed by atoms with Crippen LogP contribution in [0.15, 0.2) is 12.1 Å². The van der Waals surface area contributed by atoms with Crippen LogP contribution in [0.5, 0.6) is 5.75 Å². The zero-order valence-corrected chi connectivity index (χ0v) is 11.4. The van der Waals surface area contributed by atoms with Crippen LogP contribution in [-0.2, 0) is 12.8 Å². The summed E-state index contributed by atoms with van der Waals surface area (Å²) < 4.78 is 5.57. The van der Waals surface area contributed by atoms with E-state index in [0.717, 1.165) is 30.8 Å². The first-order chi connectivity index (χ1) is 8.72. The van der Waals surface area contributed by atoms with Crippen molar-refractivity contribution in [2.24, 2.45) is 0 Å². The van der Waals surface area contributed by atoms with Gasteiger partial charge in [-0.3, -0.25) is 4.79 Å². The molecular formula is C16H22O2. The van der Waals surface area contributed by atoms with Crippen LogP contribution in [0.1, 0.15) is 61.0 Å². The molecular weight excluding hydrogens is 224 g/mol. The number of rotatable bonds is 6. The van der Waals surface area contributed by atoms with Gasteiger partial charge < -0.3 is 4.74 Å². The van der Waals surface area contributed by atoms with Crippen LogP contribution in [0.25, 0.3) is 0 Å². The number of benzene rings is 1. The number of aryl methyl sites for hydroxylation is 1. The molecule has 0 radical (unpaired) electrons. The highest BCUT2D eigenvalue weighted by atomic mass is 16.5. The van der Waals surface area contributed by atoms with E-state index in [1.807, 2.05) is 6.07 Å². The van der Waals surface area contributed by atoms with Crippen molar-refractivity contribution in [1.82, 2.24) is 0 Å². The Labute approximate surface area is 109 Å². The highest BCUT2D eigenvalue weighted by molar-refractivity contribution is 5.97. The van der Waals surface area contributed by atoms with E-state index >= 15 is 0 Å². The molecule has 0 aromatic heterocycles. The molecule has 0 amide bonds. The molecule has 0 bridgehead atoms. The Balaban J connectivity index is 2.12. The van der Waals surface area contributed by atoms with Crippen LogP contribution >= 0.6 is 0 Å². The number of hydrogen-bond acceptors (Lipinski definition) is 2. The molecule has 2 rings (SSSR count). The molecule has 2 heteroatoms. The van der Waals surface area contributed by atoms with Gasteiger partial charge in [-0.2, -0.15) is 0 Å². The number of ether oxygens (including phenoxy) is 1. The fourth-order valence-electron chi connectivity index (χ4n) is 2.54. The summed E-state index contributed by atoms with van der Waals surface area (Å²) in [5, 5.41) is 0. The van der Waals surface area contributed by atoms with Crippen LogP contribution in [0.2, 0.25) is 0 Å². The number of ketones is 1. The number of fused-ring (bicyclic) bond motifs is 1. The van der Waals surface area contributed by atoms with Gasteiger partial charge in [0, 0.05) is 6.42 Å². The summed E-state index contributed by atoms with van der Waals surface area (Å²) in [4.78, 5) is 11.7. The van der Waals surface area contributed by atoms with Crippen molar-refractivity contribution in [3.63, 3.8) is 0 Å². The molecule has 2 nitrogen and oxygen atoms in total. The normalized spacial score (nSPS) is 13.2. The summed E-state index contributed by atoms with van der Waals surface area (Å²) in [6.45, 7) is 4.56. The van der Waals surface area contributed by atoms with E-state index in [1.54, 1.807) is 6.92 Å². The molecule has 0 unspecified atom stereocenters. The predicted octanol–water partition coefficient (Wildman–Crippen LogP) is 3.95. The lowest BCUT2D eigenvalue weighted by Gasteiger charge is -2.09. The van der Waals surface area contributed by atoms with Gasteiger partial charge in [-0.1, -0.05) is 32.3 Å². The first-order valence-electron chi connectivity index (χ1n) is 7.02. The van der Waals surface area contributed by atoms with Crippen molar-refractivity contribution in [3.8, 4) is 5.75 Å². The van der Waals surface area contributed by atoms with Gasteiger partial charge in [0.2, 0.25) is 0 Å². The molecule has 0 spiro atoms. The number of unbranched alkanes of at least 4 members (excludes halogenated alkanes) is 3. The molecule has 1 aliphatic heterocycles. The van der Waals surface area contributed by atoms with E-state index in [-0.39, 0.29) is 5.78 Å². The van der Waals surface area contributed by atoms with E-state index in [9.17, 15) is 4.79 Å². The van der Waals surface area contributed by atoms with Crippen LogP contribution in [0.4, 0.5) is 0 Å². The minimum atomic E-state index is 0.114. The summed E-state index contributed by atoms with van der Waals surface area (Å²) in [5.74, 6) is 0.948. The number of Topliss-reactive ketones (excluding diaryl/α,β-unsaturated/α-hetero) is 1. The third-order valence-corrected chi connectivity index (χ3v) is 3.54. The molecule has 0 fully saturated rings. The number of carbonyl (C=O) groups excluding carboxylic acids is 1. The first-order valence-corrected chi connectivity index (χ1v) is 7.02. The lowest BCUT2D eigenvalue weighted by molar-refractivity contribution is 0.101. The SMILES string of the molecule is CCCCCCc1cc2c(c(C(C)=O)c1)OCC2. The topological polar surface area (TPSA) is 26.3 Å². The Morgan fingerprint density at radius 1 is 1.28 bits per heavy atom. The summed E-state index contributed by atoms with van der Waals surface area (Å²) >= 11 is 0. The minimum Gasteiger partial charge on any atom is -0.492 e. The zero-order valence-electron chi connectivity index (χ0n) is 11.4.